The fourth-order valence-corrected chi connectivity index (χ4v) is 5.82. The second-order valence-electron chi connectivity index (χ2n) is 11.2. The zero-order valence-corrected chi connectivity index (χ0v) is 27.5. The van der Waals surface area contributed by atoms with Crippen molar-refractivity contribution in [3.8, 4) is 34.1 Å². The van der Waals surface area contributed by atoms with Crippen LogP contribution < -0.4 is 19.5 Å². The molecule has 9 heteroatoms. The Hall–Kier alpha value is -4.41. The summed E-state index contributed by atoms with van der Waals surface area (Å²) in [5.74, 6) is 2.74. The Kier molecular flexibility index (Phi) is 11.9. The minimum absolute atomic E-state index is 0.00368. The SMILES string of the molecule is CCNC(CCOc1ccc(Oc2c(-c3ccc(S(C)(=O)=O)cc3)ccc3cc(OCc4ccccc4)ccc23)cc1)COCCO. The van der Waals surface area contributed by atoms with E-state index in [1.807, 2.05) is 91.9 Å². The molecule has 5 aromatic rings. The van der Waals surface area contributed by atoms with Crippen LogP contribution in [-0.2, 0) is 21.2 Å². The highest BCUT2D eigenvalue weighted by atomic mass is 32.2. The predicted molar refractivity (Wildman–Crippen MR) is 185 cm³/mol. The van der Waals surface area contributed by atoms with Crippen LogP contribution >= 0.6 is 0 Å². The Labute approximate surface area is 276 Å². The van der Waals surface area contributed by atoms with Gasteiger partial charge in [-0.05, 0) is 90.1 Å². The molecule has 0 bridgehead atoms. The molecule has 0 amide bonds. The first-order chi connectivity index (χ1) is 22.8. The van der Waals surface area contributed by atoms with Gasteiger partial charge in [0.2, 0.25) is 0 Å². The highest BCUT2D eigenvalue weighted by Crippen LogP contribution is 2.41. The monoisotopic (exact) mass is 655 g/mol. The second kappa shape index (κ2) is 16.4. The van der Waals surface area contributed by atoms with Crippen molar-refractivity contribution in [3.05, 3.63) is 115 Å². The molecule has 5 rings (SSSR count). The summed E-state index contributed by atoms with van der Waals surface area (Å²) >= 11 is 0. The van der Waals surface area contributed by atoms with Crippen molar-refractivity contribution >= 4 is 20.6 Å². The normalized spacial score (nSPS) is 12.1. The number of fused-ring (bicyclic) bond motifs is 1. The molecule has 0 fully saturated rings. The molecule has 0 heterocycles. The van der Waals surface area contributed by atoms with Crippen LogP contribution in [-0.4, -0.2) is 58.8 Å². The van der Waals surface area contributed by atoms with Crippen LogP contribution in [0.3, 0.4) is 0 Å². The Bertz CT molecular complexity index is 1830. The van der Waals surface area contributed by atoms with Gasteiger partial charge in [0, 0.05) is 23.2 Å². The van der Waals surface area contributed by atoms with Gasteiger partial charge in [0.25, 0.3) is 0 Å². The molecular weight excluding hydrogens is 614 g/mol. The van der Waals surface area contributed by atoms with E-state index in [0.29, 0.717) is 37.9 Å². The first-order valence-electron chi connectivity index (χ1n) is 15.7. The highest BCUT2D eigenvalue weighted by molar-refractivity contribution is 7.90. The van der Waals surface area contributed by atoms with E-state index in [4.69, 9.17) is 24.1 Å². The van der Waals surface area contributed by atoms with Crippen LogP contribution in [0.5, 0.6) is 23.0 Å². The minimum atomic E-state index is -3.33. The average Bonchev–Trinajstić information content (AvgIpc) is 3.08. The molecule has 0 aromatic heterocycles. The molecule has 8 nitrogen and oxygen atoms in total. The third-order valence-electron chi connectivity index (χ3n) is 7.61. The molecule has 0 aliphatic rings. The molecule has 5 aromatic carbocycles. The largest absolute Gasteiger partial charge is 0.494 e. The van der Waals surface area contributed by atoms with Crippen molar-refractivity contribution in [2.75, 3.05) is 39.2 Å². The second-order valence-corrected chi connectivity index (χ2v) is 13.2. The van der Waals surface area contributed by atoms with E-state index in [2.05, 4.69) is 5.32 Å². The Balaban J connectivity index is 1.37. The number of sulfone groups is 1. The third-order valence-corrected chi connectivity index (χ3v) is 8.74. The number of aliphatic hydroxyl groups excluding tert-OH is 1. The summed E-state index contributed by atoms with van der Waals surface area (Å²) in [6.45, 7) is 4.66. The molecule has 0 saturated carbocycles. The van der Waals surface area contributed by atoms with E-state index in [1.54, 1.807) is 24.3 Å². The lowest BCUT2D eigenvalue weighted by atomic mass is 9.99. The summed E-state index contributed by atoms with van der Waals surface area (Å²) in [5.41, 5.74) is 2.74. The van der Waals surface area contributed by atoms with E-state index >= 15 is 0 Å². The molecular formula is C38H41NO7S. The van der Waals surface area contributed by atoms with Crippen LogP contribution in [0.1, 0.15) is 18.9 Å². The van der Waals surface area contributed by atoms with Crippen molar-refractivity contribution in [1.29, 1.82) is 0 Å². The van der Waals surface area contributed by atoms with Crippen molar-refractivity contribution < 1.29 is 32.5 Å². The van der Waals surface area contributed by atoms with E-state index in [9.17, 15) is 8.42 Å². The number of likely N-dealkylation sites (N-methyl/N-ethyl adjacent to an activating group) is 1. The Morgan fingerprint density at radius 2 is 1.51 bits per heavy atom. The van der Waals surface area contributed by atoms with Gasteiger partial charge in [-0.2, -0.15) is 0 Å². The minimum Gasteiger partial charge on any atom is -0.494 e. The van der Waals surface area contributed by atoms with E-state index in [0.717, 1.165) is 51.9 Å². The molecule has 0 saturated heterocycles. The summed E-state index contributed by atoms with van der Waals surface area (Å²) in [6, 6.07) is 34.4. The fourth-order valence-electron chi connectivity index (χ4n) is 5.19. The predicted octanol–water partition coefficient (Wildman–Crippen LogP) is 7.04. The zero-order chi connectivity index (χ0) is 33.1. The molecule has 1 atom stereocenters. The maximum Gasteiger partial charge on any atom is 0.175 e. The van der Waals surface area contributed by atoms with Gasteiger partial charge in [0.05, 0.1) is 31.3 Å². The van der Waals surface area contributed by atoms with Crippen molar-refractivity contribution in [3.63, 3.8) is 0 Å². The average molecular weight is 656 g/mol. The first kappa shape index (κ1) is 33.9. The van der Waals surface area contributed by atoms with Crippen molar-refractivity contribution in [2.24, 2.45) is 0 Å². The van der Waals surface area contributed by atoms with Gasteiger partial charge in [-0.3, -0.25) is 0 Å². The van der Waals surface area contributed by atoms with Crippen molar-refractivity contribution in [2.45, 2.75) is 30.9 Å². The summed E-state index contributed by atoms with van der Waals surface area (Å²) in [5, 5.41) is 14.2. The lowest BCUT2D eigenvalue weighted by molar-refractivity contribution is 0.0723. The molecule has 0 radical (unpaired) electrons. The van der Waals surface area contributed by atoms with Crippen LogP contribution in [0.15, 0.2) is 114 Å². The number of benzene rings is 5. The topological polar surface area (TPSA) is 103 Å². The Morgan fingerprint density at radius 3 is 2.21 bits per heavy atom. The van der Waals surface area contributed by atoms with Crippen LogP contribution in [0.4, 0.5) is 0 Å². The summed E-state index contributed by atoms with van der Waals surface area (Å²) in [7, 11) is -3.33. The number of aliphatic hydroxyl groups is 1. The Morgan fingerprint density at radius 1 is 0.787 bits per heavy atom. The van der Waals surface area contributed by atoms with Crippen molar-refractivity contribution in [1.82, 2.24) is 5.32 Å². The van der Waals surface area contributed by atoms with Gasteiger partial charge in [-0.15, -0.1) is 0 Å². The van der Waals surface area contributed by atoms with E-state index < -0.39 is 9.84 Å². The lowest BCUT2D eigenvalue weighted by Gasteiger charge is -2.18. The molecule has 1 unspecified atom stereocenters. The van der Waals surface area contributed by atoms with Gasteiger partial charge in [0.15, 0.2) is 9.84 Å². The van der Waals surface area contributed by atoms with Crippen LogP contribution in [0.2, 0.25) is 0 Å². The molecule has 246 valence electrons. The maximum atomic E-state index is 12.1. The van der Waals surface area contributed by atoms with Gasteiger partial charge in [0.1, 0.15) is 29.6 Å². The number of rotatable bonds is 17. The summed E-state index contributed by atoms with van der Waals surface area (Å²) in [4.78, 5) is 0.259. The first-order valence-corrected chi connectivity index (χ1v) is 17.6. The van der Waals surface area contributed by atoms with E-state index in [-0.39, 0.29) is 17.5 Å². The standard InChI is InChI=1S/C38H41NO7S/c1-3-39-31(27-43-24-22-40)21-23-44-32-12-14-33(15-13-32)46-38-36(29-9-17-35(18-10-29)47(2,41)42)19-11-30-25-34(16-20-37(30)38)45-26-28-7-5-4-6-8-28/h4-20,25,31,39-40H,3,21-24,26-27H2,1-2H3. The number of nitrogens with one attached hydrogen (secondary N) is 1. The summed E-state index contributed by atoms with van der Waals surface area (Å²) < 4.78 is 48.3. The summed E-state index contributed by atoms with van der Waals surface area (Å²) in [6.07, 6.45) is 1.96. The highest BCUT2D eigenvalue weighted by Gasteiger charge is 2.15. The molecule has 0 spiro atoms. The zero-order valence-electron chi connectivity index (χ0n) is 26.7. The van der Waals surface area contributed by atoms with Gasteiger partial charge >= 0.3 is 0 Å². The lowest BCUT2D eigenvalue weighted by Crippen LogP contribution is -2.35. The quantitative estimate of drug-likeness (QED) is 0.103. The van der Waals surface area contributed by atoms with Crippen LogP contribution in [0, 0.1) is 0 Å². The maximum absolute atomic E-state index is 12.1. The number of hydrogen-bond acceptors (Lipinski definition) is 8. The van der Waals surface area contributed by atoms with Gasteiger partial charge in [-0.25, -0.2) is 8.42 Å². The van der Waals surface area contributed by atoms with Gasteiger partial charge in [-0.1, -0.05) is 55.5 Å². The fraction of sp³-hybridized carbons (Fsp3) is 0.263. The number of ether oxygens (including phenoxy) is 4. The van der Waals surface area contributed by atoms with E-state index in [1.165, 1.54) is 6.26 Å². The number of hydrogen-bond donors (Lipinski definition) is 2. The third kappa shape index (κ3) is 9.56. The molecule has 0 aliphatic carbocycles. The molecule has 2 N–H and O–H groups in total. The smallest absolute Gasteiger partial charge is 0.175 e. The van der Waals surface area contributed by atoms with Crippen LogP contribution in [0.25, 0.3) is 21.9 Å². The molecule has 0 aliphatic heterocycles. The van der Waals surface area contributed by atoms with Gasteiger partial charge < -0.3 is 29.4 Å². The molecule has 47 heavy (non-hydrogen) atoms.